The molecule has 2 rings (SSSR count). The van der Waals surface area contributed by atoms with Gasteiger partial charge in [0.2, 0.25) is 0 Å². The smallest absolute Gasteiger partial charge is 0.269 e. The second kappa shape index (κ2) is 7.95. The molecule has 120 valence electrons. The first kappa shape index (κ1) is 16.5. The Morgan fingerprint density at radius 2 is 1.74 bits per heavy atom. The normalized spacial score (nSPS) is 10.7. The first-order chi connectivity index (χ1) is 11.1. The molecule has 0 saturated carbocycles. The van der Waals surface area contributed by atoms with Crippen LogP contribution in [0.5, 0.6) is 11.5 Å². The number of benzene rings is 2. The zero-order valence-corrected chi connectivity index (χ0v) is 12.6. The second-order valence-electron chi connectivity index (χ2n) is 4.66. The monoisotopic (exact) mass is 315 g/mol. The van der Waals surface area contributed by atoms with Gasteiger partial charge in [0.25, 0.3) is 5.69 Å². The second-order valence-corrected chi connectivity index (χ2v) is 4.66. The van der Waals surface area contributed by atoms with Gasteiger partial charge in [-0.25, -0.2) is 0 Å². The molecule has 0 spiro atoms. The van der Waals surface area contributed by atoms with Crippen LogP contribution in [0.4, 0.5) is 5.69 Å². The Morgan fingerprint density at radius 1 is 1.09 bits per heavy atom. The molecule has 0 atom stereocenters. The lowest BCUT2D eigenvalue weighted by molar-refractivity contribution is -0.384. The summed E-state index contributed by atoms with van der Waals surface area (Å²) in [6.07, 6.45) is 3.72. The van der Waals surface area contributed by atoms with E-state index < -0.39 is 4.92 Å². The van der Waals surface area contributed by atoms with Gasteiger partial charge in [0.15, 0.2) is 11.5 Å². The number of ether oxygens (including phenoxy) is 2. The van der Waals surface area contributed by atoms with Crippen molar-refractivity contribution in [3.63, 3.8) is 0 Å². The van der Waals surface area contributed by atoms with Crippen molar-refractivity contribution in [2.75, 3.05) is 20.3 Å². The van der Waals surface area contributed by atoms with E-state index in [1.54, 1.807) is 31.4 Å². The molecule has 2 aromatic rings. The summed E-state index contributed by atoms with van der Waals surface area (Å²) in [5.41, 5.74) is 1.80. The first-order valence-electron chi connectivity index (χ1n) is 6.98. The van der Waals surface area contributed by atoms with Crippen molar-refractivity contribution in [2.45, 2.75) is 0 Å². The average Bonchev–Trinajstić information content (AvgIpc) is 2.58. The number of methoxy groups -OCH3 is 1. The maximum absolute atomic E-state index is 10.6. The number of hydrogen-bond donors (Lipinski definition) is 1. The Balaban J connectivity index is 2.16. The van der Waals surface area contributed by atoms with Gasteiger partial charge in [0.1, 0.15) is 6.61 Å². The Bertz CT molecular complexity index is 695. The largest absolute Gasteiger partial charge is 0.493 e. The molecule has 0 fully saturated rings. The number of nitro benzene ring substituents is 1. The van der Waals surface area contributed by atoms with Crippen LogP contribution in [-0.4, -0.2) is 30.4 Å². The molecule has 0 unspecified atom stereocenters. The highest BCUT2D eigenvalue weighted by molar-refractivity contribution is 5.71. The zero-order valence-electron chi connectivity index (χ0n) is 12.6. The van der Waals surface area contributed by atoms with Crippen LogP contribution in [-0.2, 0) is 0 Å². The third-order valence-electron chi connectivity index (χ3n) is 3.11. The van der Waals surface area contributed by atoms with Crippen LogP contribution < -0.4 is 9.47 Å². The lowest BCUT2D eigenvalue weighted by atomic mass is 10.1. The average molecular weight is 315 g/mol. The number of nitro groups is 1. The van der Waals surface area contributed by atoms with E-state index in [1.807, 2.05) is 18.2 Å². The summed E-state index contributed by atoms with van der Waals surface area (Å²) < 4.78 is 10.6. The van der Waals surface area contributed by atoms with Crippen molar-refractivity contribution < 1.29 is 19.5 Å². The molecule has 1 N–H and O–H groups in total. The van der Waals surface area contributed by atoms with E-state index in [0.717, 1.165) is 11.1 Å². The number of hydrogen-bond acceptors (Lipinski definition) is 5. The van der Waals surface area contributed by atoms with Crippen molar-refractivity contribution >= 4 is 17.8 Å². The van der Waals surface area contributed by atoms with Crippen LogP contribution in [0.15, 0.2) is 42.5 Å². The van der Waals surface area contributed by atoms with Crippen molar-refractivity contribution in [3.8, 4) is 11.5 Å². The minimum atomic E-state index is -0.429. The zero-order chi connectivity index (χ0) is 16.7. The summed E-state index contributed by atoms with van der Waals surface area (Å²) in [5, 5.41) is 19.5. The molecule has 0 amide bonds. The summed E-state index contributed by atoms with van der Waals surface area (Å²) in [6.45, 7) is 0.109. The van der Waals surface area contributed by atoms with Crippen molar-refractivity contribution in [1.82, 2.24) is 0 Å². The van der Waals surface area contributed by atoms with Gasteiger partial charge in [0.05, 0.1) is 18.6 Å². The highest BCUT2D eigenvalue weighted by Crippen LogP contribution is 2.28. The van der Waals surface area contributed by atoms with E-state index in [9.17, 15) is 10.1 Å². The van der Waals surface area contributed by atoms with E-state index in [2.05, 4.69) is 0 Å². The minimum absolute atomic E-state index is 0.0614. The molecule has 2 aromatic carbocycles. The summed E-state index contributed by atoms with van der Waals surface area (Å²) >= 11 is 0. The summed E-state index contributed by atoms with van der Waals surface area (Å²) in [7, 11) is 1.55. The number of aliphatic hydroxyl groups excluding tert-OH is 1. The predicted molar refractivity (Wildman–Crippen MR) is 87.6 cm³/mol. The van der Waals surface area contributed by atoms with Crippen LogP contribution in [0, 0.1) is 10.1 Å². The summed E-state index contributed by atoms with van der Waals surface area (Å²) in [5.74, 6) is 1.14. The minimum Gasteiger partial charge on any atom is -0.493 e. The lowest BCUT2D eigenvalue weighted by Gasteiger charge is -2.10. The Labute approximate surface area is 133 Å². The quantitative estimate of drug-likeness (QED) is 0.482. The van der Waals surface area contributed by atoms with Crippen molar-refractivity contribution in [2.24, 2.45) is 0 Å². The third-order valence-corrected chi connectivity index (χ3v) is 3.11. The maximum atomic E-state index is 10.6. The molecule has 23 heavy (non-hydrogen) atoms. The maximum Gasteiger partial charge on any atom is 0.269 e. The van der Waals surface area contributed by atoms with Gasteiger partial charge in [-0.3, -0.25) is 10.1 Å². The molecule has 0 aliphatic heterocycles. The fraction of sp³-hybridized carbons (Fsp3) is 0.176. The van der Waals surface area contributed by atoms with Crippen LogP contribution in [0.1, 0.15) is 11.1 Å². The molecule has 0 radical (unpaired) electrons. The molecule has 6 nitrogen and oxygen atoms in total. The molecule has 0 aromatic heterocycles. The van der Waals surface area contributed by atoms with Crippen LogP contribution >= 0.6 is 0 Å². The van der Waals surface area contributed by atoms with Gasteiger partial charge in [-0.2, -0.15) is 0 Å². The Hall–Kier alpha value is -2.86. The molecular formula is C17H17NO5. The number of non-ortho nitro benzene ring substituents is 1. The van der Waals surface area contributed by atoms with Gasteiger partial charge in [-0.05, 0) is 35.4 Å². The predicted octanol–water partition coefficient (Wildman–Crippen LogP) is 3.14. The first-order valence-corrected chi connectivity index (χ1v) is 6.98. The van der Waals surface area contributed by atoms with Gasteiger partial charge in [-0.1, -0.05) is 18.2 Å². The standard InChI is InChI=1S/C17H17NO5/c1-22-16-9-6-14(12-17(16)23-11-10-19)3-2-13-4-7-15(8-5-13)18(20)21/h2-9,12,19H,10-11H2,1H3. The molecule has 0 bridgehead atoms. The van der Waals surface area contributed by atoms with E-state index in [-0.39, 0.29) is 18.9 Å². The lowest BCUT2D eigenvalue weighted by Crippen LogP contribution is -2.03. The highest BCUT2D eigenvalue weighted by Gasteiger charge is 2.05. The fourth-order valence-corrected chi connectivity index (χ4v) is 1.96. The van der Waals surface area contributed by atoms with Gasteiger partial charge >= 0.3 is 0 Å². The van der Waals surface area contributed by atoms with Crippen molar-refractivity contribution in [1.29, 1.82) is 0 Å². The molecule has 6 heteroatoms. The van der Waals surface area contributed by atoms with E-state index in [4.69, 9.17) is 14.6 Å². The number of rotatable bonds is 7. The number of aliphatic hydroxyl groups is 1. The topological polar surface area (TPSA) is 81.8 Å². The van der Waals surface area contributed by atoms with Gasteiger partial charge in [0, 0.05) is 12.1 Å². The molecule has 0 aliphatic carbocycles. The van der Waals surface area contributed by atoms with Gasteiger partial charge < -0.3 is 14.6 Å². The molecule has 0 heterocycles. The van der Waals surface area contributed by atoms with Crippen molar-refractivity contribution in [3.05, 3.63) is 63.7 Å². The summed E-state index contributed by atoms with van der Waals surface area (Å²) in [4.78, 5) is 10.2. The van der Waals surface area contributed by atoms with E-state index in [0.29, 0.717) is 11.5 Å². The third kappa shape index (κ3) is 4.55. The van der Waals surface area contributed by atoms with Crippen LogP contribution in [0.3, 0.4) is 0 Å². The molecule has 0 aliphatic rings. The SMILES string of the molecule is COc1ccc(C=Cc2ccc([N+](=O)[O-])cc2)cc1OCCO. The van der Waals surface area contributed by atoms with Crippen LogP contribution in [0.25, 0.3) is 12.2 Å². The molecule has 0 saturated heterocycles. The van der Waals surface area contributed by atoms with Crippen LogP contribution in [0.2, 0.25) is 0 Å². The Kier molecular flexibility index (Phi) is 5.71. The van der Waals surface area contributed by atoms with Gasteiger partial charge in [-0.15, -0.1) is 0 Å². The van der Waals surface area contributed by atoms with E-state index in [1.165, 1.54) is 12.1 Å². The molecular weight excluding hydrogens is 298 g/mol. The Morgan fingerprint density at radius 3 is 2.35 bits per heavy atom. The summed E-state index contributed by atoms with van der Waals surface area (Å²) in [6, 6.07) is 11.7. The number of nitrogens with zero attached hydrogens (tertiary/aromatic N) is 1. The fourth-order valence-electron chi connectivity index (χ4n) is 1.96. The van der Waals surface area contributed by atoms with E-state index >= 15 is 0 Å². The highest BCUT2D eigenvalue weighted by atomic mass is 16.6.